The maximum atomic E-state index is 11.5. The van der Waals surface area contributed by atoms with Gasteiger partial charge in [0.1, 0.15) is 0 Å². The molecule has 84 valence electrons. The SMILES string of the molecule is COC(=O)[C@H]1[NH2+]CC[C@H]1c1ccsc1.[Cl-]. The summed E-state index contributed by atoms with van der Waals surface area (Å²) in [5, 5.41) is 6.26. The van der Waals surface area contributed by atoms with Crippen LogP contribution in [0, 0.1) is 0 Å². The summed E-state index contributed by atoms with van der Waals surface area (Å²) in [6, 6.07) is 2.07. The molecule has 2 N–H and O–H groups in total. The summed E-state index contributed by atoms with van der Waals surface area (Å²) in [5.74, 6) is 0.243. The van der Waals surface area contributed by atoms with Gasteiger partial charge in [-0.15, -0.1) is 0 Å². The molecule has 0 aliphatic carbocycles. The van der Waals surface area contributed by atoms with Gasteiger partial charge in [-0.2, -0.15) is 11.3 Å². The molecule has 0 unspecified atom stereocenters. The van der Waals surface area contributed by atoms with Crippen LogP contribution in [-0.4, -0.2) is 25.7 Å². The first-order chi connectivity index (χ1) is 6.83. The molecule has 2 atom stereocenters. The molecular weight excluding hydrogens is 234 g/mol. The van der Waals surface area contributed by atoms with Crippen molar-refractivity contribution >= 4 is 17.3 Å². The number of nitrogens with two attached hydrogens (primary N) is 1. The van der Waals surface area contributed by atoms with Crippen molar-refractivity contribution < 1.29 is 27.3 Å². The zero-order valence-electron chi connectivity index (χ0n) is 8.48. The van der Waals surface area contributed by atoms with Gasteiger partial charge in [0, 0.05) is 6.42 Å². The fourth-order valence-electron chi connectivity index (χ4n) is 2.06. The maximum Gasteiger partial charge on any atom is 0.365 e. The number of hydrogen-bond acceptors (Lipinski definition) is 3. The summed E-state index contributed by atoms with van der Waals surface area (Å²) >= 11 is 1.68. The van der Waals surface area contributed by atoms with Crippen LogP contribution in [0.25, 0.3) is 0 Å². The van der Waals surface area contributed by atoms with Crippen molar-refractivity contribution in [3.8, 4) is 0 Å². The molecule has 0 spiro atoms. The summed E-state index contributed by atoms with van der Waals surface area (Å²) in [6.45, 7) is 1.01. The molecule has 2 heterocycles. The van der Waals surface area contributed by atoms with E-state index in [-0.39, 0.29) is 24.4 Å². The number of esters is 1. The Hall–Kier alpha value is -0.580. The highest BCUT2D eigenvalue weighted by Crippen LogP contribution is 2.26. The lowest BCUT2D eigenvalue weighted by molar-refractivity contribution is -0.660. The summed E-state index contributed by atoms with van der Waals surface area (Å²) < 4.78 is 4.80. The van der Waals surface area contributed by atoms with E-state index in [0.717, 1.165) is 13.0 Å². The van der Waals surface area contributed by atoms with E-state index in [9.17, 15) is 4.79 Å². The van der Waals surface area contributed by atoms with Crippen molar-refractivity contribution in [1.29, 1.82) is 0 Å². The van der Waals surface area contributed by atoms with E-state index in [1.54, 1.807) is 11.3 Å². The van der Waals surface area contributed by atoms with Crippen LogP contribution in [0.1, 0.15) is 17.9 Å². The van der Waals surface area contributed by atoms with Crippen LogP contribution in [0.2, 0.25) is 0 Å². The molecule has 0 saturated carbocycles. The van der Waals surface area contributed by atoms with Crippen LogP contribution in [0.4, 0.5) is 0 Å². The lowest BCUT2D eigenvalue weighted by atomic mass is 9.94. The predicted octanol–water partition coefficient (Wildman–Crippen LogP) is -2.66. The number of carbonyl (C=O) groups is 1. The Bertz CT molecular complexity index is 315. The van der Waals surface area contributed by atoms with Crippen molar-refractivity contribution in [2.75, 3.05) is 13.7 Å². The number of halogens is 1. The van der Waals surface area contributed by atoms with Gasteiger partial charge in [-0.25, -0.2) is 4.79 Å². The number of ether oxygens (including phenoxy) is 1. The molecule has 1 aromatic heterocycles. The van der Waals surface area contributed by atoms with E-state index >= 15 is 0 Å². The summed E-state index contributed by atoms with van der Waals surface area (Å²) in [5.41, 5.74) is 1.28. The third-order valence-electron chi connectivity index (χ3n) is 2.78. The molecule has 1 aliphatic heterocycles. The van der Waals surface area contributed by atoms with Gasteiger partial charge in [0.15, 0.2) is 6.04 Å². The predicted molar refractivity (Wildman–Crippen MR) is 54.3 cm³/mol. The van der Waals surface area contributed by atoms with Gasteiger partial charge in [0.05, 0.1) is 19.6 Å². The van der Waals surface area contributed by atoms with Crippen LogP contribution >= 0.6 is 11.3 Å². The van der Waals surface area contributed by atoms with Gasteiger partial charge < -0.3 is 22.5 Å². The quantitative estimate of drug-likeness (QED) is 0.580. The normalized spacial score (nSPS) is 24.6. The average Bonchev–Trinajstić information content (AvgIpc) is 2.85. The Morgan fingerprint density at radius 3 is 3.07 bits per heavy atom. The zero-order chi connectivity index (χ0) is 9.97. The molecule has 0 radical (unpaired) electrons. The highest BCUT2D eigenvalue weighted by atomic mass is 35.5. The summed E-state index contributed by atoms with van der Waals surface area (Å²) in [4.78, 5) is 11.5. The second-order valence-corrected chi connectivity index (χ2v) is 4.31. The molecule has 1 aliphatic rings. The first-order valence-corrected chi connectivity index (χ1v) is 5.70. The summed E-state index contributed by atoms with van der Waals surface area (Å²) in [7, 11) is 1.46. The standard InChI is InChI=1S/C10H13NO2S.ClH/c1-13-10(12)9-8(2-4-11-9)7-3-5-14-6-7;/h3,5-6,8-9,11H,2,4H2,1H3;1H/t8-,9-;/m0./s1. The second kappa shape index (κ2) is 5.49. The van der Waals surface area contributed by atoms with E-state index in [4.69, 9.17) is 4.74 Å². The van der Waals surface area contributed by atoms with Crippen LogP contribution in [0.15, 0.2) is 16.8 Å². The van der Waals surface area contributed by atoms with Crippen molar-refractivity contribution in [2.45, 2.75) is 18.4 Å². The van der Waals surface area contributed by atoms with Gasteiger partial charge in [-0.1, -0.05) is 0 Å². The Morgan fingerprint density at radius 2 is 2.47 bits per heavy atom. The number of quaternary nitrogens is 1. The lowest BCUT2D eigenvalue weighted by Gasteiger charge is -2.12. The molecule has 2 rings (SSSR count). The third-order valence-corrected chi connectivity index (χ3v) is 3.48. The largest absolute Gasteiger partial charge is 1.00 e. The number of carbonyl (C=O) groups excluding carboxylic acids is 1. The monoisotopic (exact) mass is 247 g/mol. The minimum Gasteiger partial charge on any atom is -1.00 e. The first kappa shape index (κ1) is 12.5. The fourth-order valence-corrected chi connectivity index (χ4v) is 2.78. The Labute approximate surface area is 99.2 Å². The van der Waals surface area contributed by atoms with Gasteiger partial charge >= 0.3 is 5.97 Å². The first-order valence-electron chi connectivity index (χ1n) is 4.76. The maximum absolute atomic E-state index is 11.5. The third kappa shape index (κ3) is 2.51. The molecule has 3 nitrogen and oxygen atoms in total. The van der Waals surface area contributed by atoms with Crippen molar-refractivity contribution in [2.24, 2.45) is 0 Å². The van der Waals surface area contributed by atoms with Crippen molar-refractivity contribution in [1.82, 2.24) is 0 Å². The van der Waals surface area contributed by atoms with Gasteiger partial charge in [0.2, 0.25) is 0 Å². The minimum atomic E-state index is -0.0984. The van der Waals surface area contributed by atoms with E-state index in [1.165, 1.54) is 12.7 Å². The van der Waals surface area contributed by atoms with Crippen LogP contribution in [0.5, 0.6) is 0 Å². The minimum absolute atomic E-state index is 0. The zero-order valence-corrected chi connectivity index (χ0v) is 10.1. The number of hydrogen-bond donors (Lipinski definition) is 1. The van der Waals surface area contributed by atoms with E-state index in [1.807, 2.05) is 0 Å². The fraction of sp³-hybridized carbons (Fsp3) is 0.500. The van der Waals surface area contributed by atoms with E-state index < -0.39 is 0 Å². The van der Waals surface area contributed by atoms with E-state index in [0.29, 0.717) is 5.92 Å². The lowest BCUT2D eigenvalue weighted by Crippen LogP contribution is -3.00. The molecule has 15 heavy (non-hydrogen) atoms. The number of methoxy groups -OCH3 is 1. The Kier molecular flexibility index (Phi) is 4.57. The Balaban J connectivity index is 0.00000112. The molecule has 1 aromatic rings. The second-order valence-electron chi connectivity index (χ2n) is 3.53. The van der Waals surface area contributed by atoms with Gasteiger partial charge in [0.25, 0.3) is 0 Å². The molecule has 1 saturated heterocycles. The highest BCUT2D eigenvalue weighted by molar-refractivity contribution is 7.08. The molecule has 0 bridgehead atoms. The Morgan fingerprint density at radius 1 is 1.67 bits per heavy atom. The average molecular weight is 248 g/mol. The molecular formula is C10H14ClNO2S. The van der Waals surface area contributed by atoms with Gasteiger partial charge in [-0.3, -0.25) is 0 Å². The van der Waals surface area contributed by atoms with Crippen LogP contribution in [0.3, 0.4) is 0 Å². The topological polar surface area (TPSA) is 42.9 Å². The smallest absolute Gasteiger partial charge is 0.365 e. The molecule has 1 fully saturated rings. The number of rotatable bonds is 2. The summed E-state index contributed by atoms with van der Waals surface area (Å²) in [6.07, 6.45) is 1.07. The van der Waals surface area contributed by atoms with Crippen molar-refractivity contribution in [3.05, 3.63) is 22.4 Å². The molecule has 0 amide bonds. The van der Waals surface area contributed by atoms with Crippen LogP contribution in [-0.2, 0) is 9.53 Å². The van der Waals surface area contributed by atoms with Crippen molar-refractivity contribution in [3.63, 3.8) is 0 Å². The highest BCUT2D eigenvalue weighted by Gasteiger charge is 2.38. The van der Waals surface area contributed by atoms with E-state index in [2.05, 4.69) is 22.1 Å². The number of thiophene rings is 1. The molecule has 0 aromatic carbocycles. The van der Waals surface area contributed by atoms with Gasteiger partial charge in [-0.05, 0) is 22.4 Å². The van der Waals surface area contributed by atoms with Crippen LogP contribution < -0.4 is 17.7 Å². The molecule has 5 heteroatoms.